The monoisotopic (exact) mass is 192 g/mol. The van der Waals surface area contributed by atoms with E-state index >= 15 is 0 Å². The number of rotatable bonds is 3. The van der Waals surface area contributed by atoms with Gasteiger partial charge in [0.25, 0.3) is 0 Å². The number of benzene rings is 1. The third-order valence-electron chi connectivity index (χ3n) is 3.07. The predicted molar refractivity (Wildman–Crippen MR) is 63.6 cm³/mol. The lowest BCUT2D eigenvalue weighted by Gasteiger charge is -2.37. The molecule has 0 heterocycles. The minimum atomic E-state index is 0.148. The van der Waals surface area contributed by atoms with Crippen LogP contribution < -0.4 is 10.6 Å². The van der Waals surface area contributed by atoms with Crippen LogP contribution in [0.25, 0.3) is 0 Å². The molecule has 0 fully saturated rings. The normalized spacial score (nSPS) is 11.4. The van der Waals surface area contributed by atoms with E-state index in [2.05, 4.69) is 38.8 Å². The summed E-state index contributed by atoms with van der Waals surface area (Å²) in [4.78, 5) is 2.24. The molecule has 0 saturated heterocycles. The summed E-state index contributed by atoms with van der Waals surface area (Å²) in [6.07, 6.45) is 1.10. The van der Waals surface area contributed by atoms with Crippen LogP contribution in [0.1, 0.15) is 27.2 Å². The quantitative estimate of drug-likeness (QED) is 0.746. The average Bonchev–Trinajstić information content (AvgIpc) is 2.17. The molecule has 0 radical (unpaired) electrons. The molecule has 0 aliphatic rings. The van der Waals surface area contributed by atoms with Crippen LogP contribution in [0.3, 0.4) is 0 Å². The largest absolute Gasteiger partial charge is 0.397 e. The van der Waals surface area contributed by atoms with Crippen LogP contribution in [-0.4, -0.2) is 12.6 Å². The number of hydrogen-bond acceptors (Lipinski definition) is 2. The molecule has 0 aliphatic heterocycles. The van der Waals surface area contributed by atoms with Crippen molar-refractivity contribution in [3.05, 3.63) is 24.3 Å². The molecular weight excluding hydrogens is 172 g/mol. The Morgan fingerprint density at radius 2 is 1.86 bits per heavy atom. The van der Waals surface area contributed by atoms with Crippen molar-refractivity contribution in [2.75, 3.05) is 17.7 Å². The number of nitrogens with two attached hydrogens (primary N) is 1. The summed E-state index contributed by atoms with van der Waals surface area (Å²) in [5.74, 6) is 0. The Balaban J connectivity index is 3.00. The summed E-state index contributed by atoms with van der Waals surface area (Å²) in [5, 5.41) is 0. The molecule has 1 aromatic carbocycles. The van der Waals surface area contributed by atoms with Crippen LogP contribution in [0.5, 0.6) is 0 Å². The number of nitrogens with zero attached hydrogens (tertiary/aromatic N) is 1. The molecule has 0 unspecified atom stereocenters. The highest BCUT2D eigenvalue weighted by Crippen LogP contribution is 2.28. The van der Waals surface area contributed by atoms with Gasteiger partial charge in [-0.3, -0.25) is 0 Å². The van der Waals surface area contributed by atoms with E-state index < -0.39 is 0 Å². The summed E-state index contributed by atoms with van der Waals surface area (Å²) in [6, 6.07) is 7.99. The van der Waals surface area contributed by atoms with Crippen molar-refractivity contribution < 1.29 is 0 Å². The van der Waals surface area contributed by atoms with Crippen molar-refractivity contribution in [1.29, 1.82) is 0 Å². The highest BCUT2D eigenvalue weighted by molar-refractivity contribution is 5.67. The summed E-state index contributed by atoms with van der Waals surface area (Å²) < 4.78 is 0. The molecule has 0 saturated carbocycles. The Bertz CT molecular complexity index is 305. The SMILES string of the molecule is CCC(C)(C)N(C)c1ccccc1N. The fourth-order valence-corrected chi connectivity index (χ4v) is 1.36. The molecule has 14 heavy (non-hydrogen) atoms. The van der Waals surface area contributed by atoms with Gasteiger partial charge in [0.15, 0.2) is 0 Å². The molecule has 2 heteroatoms. The van der Waals surface area contributed by atoms with Gasteiger partial charge in [-0.25, -0.2) is 0 Å². The molecule has 78 valence electrons. The first-order valence-corrected chi connectivity index (χ1v) is 5.07. The highest BCUT2D eigenvalue weighted by atomic mass is 15.2. The van der Waals surface area contributed by atoms with Crippen molar-refractivity contribution in [2.45, 2.75) is 32.7 Å². The fourth-order valence-electron chi connectivity index (χ4n) is 1.36. The minimum absolute atomic E-state index is 0.148. The van der Waals surface area contributed by atoms with Crippen LogP contribution in [0.15, 0.2) is 24.3 Å². The molecule has 0 amide bonds. The Morgan fingerprint density at radius 3 is 2.36 bits per heavy atom. The van der Waals surface area contributed by atoms with Gasteiger partial charge in [-0.15, -0.1) is 0 Å². The zero-order valence-electron chi connectivity index (χ0n) is 9.54. The average molecular weight is 192 g/mol. The third-order valence-corrected chi connectivity index (χ3v) is 3.07. The molecule has 1 aromatic rings. The minimum Gasteiger partial charge on any atom is -0.397 e. The van der Waals surface area contributed by atoms with Crippen LogP contribution in [0.4, 0.5) is 11.4 Å². The van der Waals surface area contributed by atoms with Gasteiger partial charge in [-0.2, -0.15) is 0 Å². The van der Waals surface area contributed by atoms with Gasteiger partial charge in [-0.05, 0) is 32.4 Å². The van der Waals surface area contributed by atoms with Crippen molar-refractivity contribution >= 4 is 11.4 Å². The third kappa shape index (κ3) is 2.00. The number of anilines is 2. The van der Waals surface area contributed by atoms with Crippen molar-refractivity contribution in [1.82, 2.24) is 0 Å². The van der Waals surface area contributed by atoms with Crippen molar-refractivity contribution in [3.8, 4) is 0 Å². The van der Waals surface area contributed by atoms with E-state index in [0.29, 0.717) is 0 Å². The molecule has 0 bridgehead atoms. The van der Waals surface area contributed by atoms with Gasteiger partial charge < -0.3 is 10.6 Å². The maximum atomic E-state index is 5.93. The molecule has 0 spiro atoms. The van der Waals surface area contributed by atoms with E-state index in [4.69, 9.17) is 5.73 Å². The molecule has 1 rings (SSSR count). The van der Waals surface area contributed by atoms with Gasteiger partial charge >= 0.3 is 0 Å². The number of para-hydroxylation sites is 2. The van der Waals surface area contributed by atoms with E-state index in [-0.39, 0.29) is 5.54 Å². The molecule has 0 aliphatic carbocycles. The molecule has 0 aromatic heterocycles. The van der Waals surface area contributed by atoms with Crippen LogP contribution in [0.2, 0.25) is 0 Å². The topological polar surface area (TPSA) is 29.3 Å². The summed E-state index contributed by atoms with van der Waals surface area (Å²) >= 11 is 0. The summed E-state index contributed by atoms with van der Waals surface area (Å²) in [6.45, 7) is 6.63. The lowest BCUT2D eigenvalue weighted by molar-refractivity contribution is 0.471. The maximum absolute atomic E-state index is 5.93. The zero-order chi connectivity index (χ0) is 10.8. The van der Waals surface area contributed by atoms with E-state index in [1.54, 1.807) is 0 Å². The second-order valence-electron chi connectivity index (χ2n) is 4.28. The molecule has 2 N–H and O–H groups in total. The summed E-state index contributed by atoms with van der Waals surface area (Å²) in [7, 11) is 2.09. The van der Waals surface area contributed by atoms with Crippen LogP contribution in [0, 0.1) is 0 Å². The fraction of sp³-hybridized carbons (Fsp3) is 0.500. The Kier molecular flexibility index (Phi) is 3.04. The van der Waals surface area contributed by atoms with E-state index in [0.717, 1.165) is 17.8 Å². The lowest BCUT2D eigenvalue weighted by Crippen LogP contribution is -2.40. The van der Waals surface area contributed by atoms with Gasteiger partial charge in [-0.1, -0.05) is 19.1 Å². The molecule has 0 atom stereocenters. The van der Waals surface area contributed by atoms with Crippen LogP contribution in [-0.2, 0) is 0 Å². The van der Waals surface area contributed by atoms with Crippen molar-refractivity contribution in [3.63, 3.8) is 0 Å². The van der Waals surface area contributed by atoms with Gasteiger partial charge in [0.05, 0.1) is 11.4 Å². The first-order chi connectivity index (χ1) is 6.49. The zero-order valence-corrected chi connectivity index (χ0v) is 9.54. The van der Waals surface area contributed by atoms with E-state index in [1.807, 2.05) is 18.2 Å². The van der Waals surface area contributed by atoms with Crippen molar-refractivity contribution in [2.24, 2.45) is 0 Å². The highest BCUT2D eigenvalue weighted by Gasteiger charge is 2.22. The van der Waals surface area contributed by atoms with Crippen LogP contribution >= 0.6 is 0 Å². The molecular formula is C12H20N2. The standard InChI is InChI=1S/C12H20N2/c1-5-12(2,3)14(4)11-9-7-6-8-10(11)13/h6-9H,5,13H2,1-4H3. The Hall–Kier alpha value is -1.18. The smallest absolute Gasteiger partial charge is 0.0601 e. The first-order valence-electron chi connectivity index (χ1n) is 5.07. The van der Waals surface area contributed by atoms with Gasteiger partial charge in [0, 0.05) is 12.6 Å². The lowest BCUT2D eigenvalue weighted by atomic mass is 9.99. The first kappa shape index (κ1) is 10.9. The second-order valence-corrected chi connectivity index (χ2v) is 4.28. The van der Waals surface area contributed by atoms with Gasteiger partial charge in [0.1, 0.15) is 0 Å². The van der Waals surface area contributed by atoms with Gasteiger partial charge in [0.2, 0.25) is 0 Å². The Morgan fingerprint density at radius 1 is 1.29 bits per heavy atom. The number of hydrogen-bond donors (Lipinski definition) is 1. The summed E-state index contributed by atoms with van der Waals surface area (Å²) in [5.41, 5.74) is 8.03. The van der Waals surface area contributed by atoms with E-state index in [1.165, 1.54) is 0 Å². The van der Waals surface area contributed by atoms with E-state index in [9.17, 15) is 0 Å². The molecule has 2 nitrogen and oxygen atoms in total. The Labute approximate surface area is 86.7 Å². The predicted octanol–water partition coefficient (Wildman–Crippen LogP) is 2.89. The second kappa shape index (κ2) is 3.91. The maximum Gasteiger partial charge on any atom is 0.0601 e. The number of nitrogen functional groups attached to an aromatic ring is 1.